The Balaban J connectivity index is 3.17. The van der Waals surface area contributed by atoms with Crippen LogP contribution in [0.1, 0.15) is 50.9 Å². The first kappa shape index (κ1) is 26.5. The van der Waals surface area contributed by atoms with Crippen LogP contribution in [0.5, 0.6) is 0 Å². The minimum absolute atomic E-state index is 0.0350. The van der Waals surface area contributed by atoms with E-state index in [-0.39, 0.29) is 23.8 Å². The van der Waals surface area contributed by atoms with E-state index >= 15 is 0 Å². The number of carbonyl (C=O) groups is 3. The summed E-state index contributed by atoms with van der Waals surface area (Å²) in [6.45, 7) is 7.36. The van der Waals surface area contributed by atoms with Crippen molar-refractivity contribution >= 4 is 29.2 Å². The van der Waals surface area contributed by atoms with Gasteiger partial charge >= 0.3 is 5.97 Å². The van der Waals surface area contributed by atoms with Crippen LogP contribution in [-0.2, 0) is 14.3 Å². The average molecular weight is 452 g/mol. The van der Waals surface area contributed by atoms with Crippen molar-refractivity contribution in [1.29, 1.82) is 0 Å². The molecule has 0 spiro atoms. The van der Waals surface area contributed by atoms with E-state index in [0.29, 0.717) is 6.42 Å². The lowest BCUT2D eigenvalue weighted by Crippen LogP contribution is -2.52. The van der Waals surface area contributed by atoms with Crippen molar-refractivity contribution in [2.24, 2.45) is 11.8 Å². The molecule has 0 aromatic heterocycles. The second-order valence-electron chi connectivity index (χ2n) is 8.12. The van der Waals surface area contributed by atoms with Crippen LogP contribution >= 0.6 is 0 Å². The molecule has 0 bridgehead atoms. The van der Waals surface area contributed by atoms with E-state index in [0.717, 1.165) is 18.2 Å². The number of ether oxygens (including phenoxy) is 1. The van der Waals surface area contributed by atoms with Gasteiger partial charge in [0.25, 0.3) is 17.3 Å². The highest BCUT2D eigenvalue weighted by Gasteiger charge is 2.29. The molecule has 0 aliphatic rings. The first-order valence-corrected chi connectivity index (χ1v) is 9.98. The van der Waals surface area contributed by atoms with Gasteiger partial charge in [-0.2, -0.15) is 0 Å². The monoisotopic (exact) mass is 452 g/mol. The molecule has 1 aromatic rings. The van der Waals surface area contributed by atoms with E-state index in [4.69, 9.17) is 4.74 Å². The average Bonchev–Trinajstić information content (AvgIpc) is 2.70. The fourth-order valence-electron chi connectivity index (χ4n) is 2.98. The van der Waals surface area contributed by atoms with Gasteiger partial charge in [-0.1, -0.05) is 27.7 Å². The van der Waals surface area contributed by atoms with Gasteiger partial charge in [0.1, 0.15) is 12.1 Å². The lowest BCUT2D eigenvalue weighted by molar-refractivity contribution is -0.394. The number of esters is 1. The Morgan fingerprint density at radius 1 is 0.875 bits per heavy atom. The lowest BCUT2D eigenvalue weighted by atomic mass is 10.00. The largest absolute Gasteiger partial charge is 0.467 e. The van der Waals surface area contributed by atoms with E-state index < -0.39 is 51.1 Å². The van der Waals surface area contributed by atoms with Gasteiger partial charge in [0.15, 0.2) is 0 Å². The number of hydrogen-bond donors (Lipinski definition) is 2. The summed E-state index contributed by atoms with van der Waals surface area (Å²) >= 11 is 0. The molecule has 0 aliphatic carbocycles. The first-order chi connectivity index (χ1) is 14.8. The highest BCUT2D eigenvalue weighted by atomic mass is 16.6. The maximum atomic E-state index is 12.9. The van der Waals surface area contributed by atoms with E-state index in [9.17, 15) is 34.6 Å². The third-order valence-corrected chi connectivity index (χ3v) is 4.42. The van der Waals surface area contributed by atoms with E-state index in [1.165, 1.54) is 7.11 Å². The number of methoxy groups -OCH3 is 1. The maximum absolute atomic E-state index is 12.9. The summed E-state index contributed by atoms with van der Waals surface area (Å²) in [5.74, 6) is -2.12. The Kier molecular flexibility index (Phi) is 9.69. The zero-order chi connectivity index (χ0) is 24.6. The zero-order valence-electron chi connectivity index (χ0n) is 18.6. The number of benzene rings is 1. The Hall–Kier alpha value is -3.57. The predicted octanol–water partition coefficient (Wildman–Crippen LogP) is 2.35. The molecule has 0 fully saturated rings. The third-order valence-electron chi connectivity index (χ3n) is 4.42. The standard InChI is InChI=1S/C20H28N4O8/c1-11(2)6-16(19(26)22-17(7-12(3)4)20(27)32-5)21-18(25)13-8-14(23(28)29)10-15(9-13)24(30)31/h8-12,16-17H,6-7H2,1-5H3,(H,21,25)(H,22,26)/t16-,17-/m0/s1. The summed E-state index contributed by atoms with van der Waals surface area (Å²) in [6, 6.07) is 0.519. The van der Waals surface area contributed by atoms with Crippen LogP contribution in [0.15, 0.2) is 18.2 Å². The fourth-order valence-corrected chi connectivity index (χ4v) is 2.98. The number of nitro benzene ring substituents is 2. The second-order valence-corrected chi connectivity index (χ2v) is 8.12. The molecule has 32 heavy (non-hydrogen) atoms. The van der Waals surface area contributed by atoms with E-state index in [1.807, 2.05) is 27.7 Å². The molecule has 0 heterocycles. The molecule has 176 valence electrons. The summed E-state index contributed by atoms with van der Waals surface area (Å²) in [5, 5.41) is 27.2. The van der Waals surface area contributed by atoms with Crippen molar-refractivity contribution in [2.75, 3.05) is 7.11 Å². The van der Waals surface area contributed by atoms with Crippen LogP contribution in [0.3, 0.4) is 0 Å². The van der Waals surface area contributed by atoms with Crippen LogP contribution in [-0.4, -0.2) is 46.8 Å². The highest BCUT2D eigenvalue weighted by molar-refractivity contribution is 5.99. The molecule has 1 rings (SSSR count). The topological polar surface area (TPSA) is 171 Å². The van der Waals surface area contributed by atoms with E-state index in [1.54, 1.807) is 0 Å². The minimum atomic E-state index is -1.08. The van der Waals surface area contributed by atoms with Gasteiger partial charge in [0.2, 0.25) is 5.91 Å². The van der Waals surface area contributed by atoms with Crippen LogP contribution < -0.4 is 10.6 Å². The molecule has 0 radical (unpaired) electrons. The van der Waals surface area contributed by atoms with Crippen molar-refractivity contribution in [1.82, 2.24) is 10.6 Å². The van der Waals surface area contributed by atoms with Gasteiger partial charge in [-0.25, -0.2) is 4.79 Å². The number of amides is 2. The number of nitro groups is 2. The minimum Gasteiger partial charge on any atom is -0.467 e. The molecule has 1 aromatic carbocycles. The van der Waals surface area contributed by atoms with Crippen LogP contribution in [0.25, 0.3) is 0 Å². The van der Waals surface area contributed by atoms with Crippen molar-refractivity contribution in [3.05, 3.63) is 44.0 Å². The molecule has 2 N–H and O–H groups in total. The van der Waals surface area contributed by atoms with Gasteiger partial charge in [0.05, 0.1) is 28.6 Å². The smallest absolute Gasteiger partial charge is 0.328 e. The quantitative estimate of drug-likeness (QED) is 0.292. The number of carbonyl (C=O) groups excluding carboxylic acids is 3. The Morgan fingerprint density at radius 2 is 1.34 bits per heavy atom. The highest BCUT2D eigenvalue weighted by Crippen LogP contribution is 2.23. The van der Waals surface area contributed by atoms with Crippen LogP contribution in [0.2, 0.25) is 0 Å². The van der Waals surface area contributed by atoms with Gasteiger partial charge in [0, 0.05) is 12.1 Å². The first-order valence-electron chi connectivity index (χ1n) is 9.98. The number of hydrogen-bond acceptors (Lipinski definition) is 8. The summed E-state index contributed by atoms with van der Waals surface area (Å²) in [4.78, 5) is 58.0. The predicted molar refractivity (Wildman–Crippen MR) is 114 cm³/mol. The number of non-ortho nitro benzene ring substituents is 2. The number of rotatable bonds is 11. The summed E-state index contributed by atoms with van der Waals surface area (Å²) in [5.41, 5.74) is -1.59. The normalized spacial score (nSPS) is 12.7. The molecule has 0 unspecified atom stereocenters. The fraction of sp³-hybridized carbons (Fsp3) is 0.550. The molecule has 2 amide bonds. The molecule has 12 nitrogen and oxygen atoms in total. The summed E-state index contributed by atoms with van der Waals surface area (Å²) in [7, 11) is 1.20. The number of nitrogens with zero attached hydrogens (tertiary/aromatic N) is 2. The van der Waals surface area contributed by atoms with Gasteiger partial charge < -0.3 is 15.4 Å². The van der Waals surface area contributed by atoms with Gasteiger partial charge in [-0.15, -0.1) is 0 Å². The van der Waals surface area contributed by atoms with Crippen molar-refractivity contribution < 1.29 is 29.0 Å². The van der Waals surface area contributed by atoms with Gasteiger partial charge in [-0.3, -0.25) is 29.8 Å². The van der Waals surface area contributed by atoms with Gasteiger partial charge in [-0.05, 0) is 24.7 Å². The summed E-state index contributed by atoms with van der Waals surface area (Å²) < 4.78 is 4.73. The van der Waals surface area contributed by atoms with Crippen molar-refractivity contribution in [3.63, 3.8) is 0 Å². The van der Waals surface area contributed by atoms with E-state index in [2.05, 4.69) is 10.6 Å². The Bertz CT molecular complexity index is 852. The second kappa shape index (κ2) is 11.7. The summed E-state index contributed by atoms with van der Waals surface area (Å²) in [6.07, 6.45) is 0.516. The molecule has 0 aliphatic heterocycles. The Labute approximate surface area is 185 Å². The molecule has 2 atom stereocenters. The van der Waals surface area contributed by atoms with Crippen LogP contribution in [0.4, 0.5) is 11.4 Å². The maximum Gasteiger partial charge on any atom is 0.328 e. The molecule has 12 heteroatoms. The molecule has 0 saturated carbocycles. The number of nitrogens with one attached hydrogen (secondary N) is 2. The molecule has 0 saturated heterocycles. The van der Waals surface area contributed by atoms with Crippen LogP contribution in [0, 0.1) is 32.1 Å². The molecular weight excluding hydrogens is 424 g/mol. The molecular formula is C20H28N4O8. The van der Waals surface area contributed by atoms with Crippen molar-refractivity contribution in [3.8, 4) is 0 Å². The third kappa shape index (κ3) is 7.93. The Morgan fingerprint density at radius 3 is 1.75 bits per heavy atom. The lowest BCUT2D eigenvalue weighted by Gasteiger charge is -2.24. The zero-order valence-corrected chi connectivity index (χ0v) is 18.6. The van der Waals surface area contributed by atoms with Crippen molar-refractivity contribution in [2.45, 2.75) is 52.6 Å². The SMILES string of the molecule is COC(=O)[C@H](CC(C)C)NC(=O)[C@H](CC(C)C)NC(=O)c1cc([N+](=O)[O-])cc([N+](=O)[O-])c1.